The topological polar surface area (TPSA) is 467 Å². The minimum atomic E-state index is -1.23. The molecule has 0 rings (SSSR count). The summed E-state index contributed by atoms with van der Waals surface area (Å²) < 4.78 is 0. The van der Waals surface area contributed by atoms with Gasteiger partial charge in [0.1, 0.15) is 0 Å². The van der Waals surface area contributed by atoms with Crippen LogP contribution in [0.2, 0.25) is 0 Å². The van der Waals surface area contributed by atoms with Gasteiger partial charge in [0.05, 0.1) is 78.5 Å². The normalized spacial score (nSPS) is 10.5. The molecule has 0 aliphatic heterocycles. The molecule has 0 saturated heterocycles. The molecular formula is C30H49KN6O24. The predicted octanol–water partition coefficient (Wildman–Crippen LogP) is -6.86. The first kappa shape index (κ1) is 62.7. The average Bonchev–Trinajstić information content (AvgIpc) is 3.02. The molecule has 61 heavy (non-hydrogen) atoms. The summed E-state index contributed by atoms with van der Waals surface area (Å²) >= 11 is 0. The van der Waals surface area contributed by atoms with Gasteiger partial charge in [0.15, 0.2) is 0 Å². The van der Waals surface area contributed by atoms with Crippen molar-refractivity contribution in [3.8, 4) is 0 Å². The summed E-state index contributed by atoms with van der Waals surface area (Å²) in [6, 6.07) is 0. The van der Waals surface area contributed by atoms with E-state index in [1.54, 1.807) is 0 Å². The van der Waals surface area contributed by atoms with Crippen molar-refractivity contribution in [2.24, 2.45) is 0 Å². The number of carbonyl (C=O) groups is 12. The van der Waals surface area contributed by atoms with E-state index in [-0.39, 0.29) is 90.7 Å². The first-order valence-electron chi connectivity index (χ1n) is 16.6. The van der Waals surface area contributed by atoms with Crippen molar-refractivity contribution in [2.45, 2.75) is 0 Å². The summed E-state index contributed by atoms with van der Waals surface area (Å²) in [5, 5.41) is 103. The monoisotopic (exact) mass is 916 g/mol. The second-order valence-corrected chi connectivity index (χ2v) is 12.0. The van der Waals surface area contributed by atoms with Gasteiger partial charge >= 0.3 is 123 Å². The molecule has 0 fully saturated rings. The number of rotatable bonds is 33. The van der Waals surface area contributed by atoms with Crippen molar-refractivity contribution in [3.63, 3.8) is 0 Å². The molecular weight excluding hydrogens is 867 g/mol. The van der Waals surface area contributed by atoms with E-state index in [2.05, 4.69) is 0 Å². The van der Waals surface area contributed by atoms with E-state index in [0.717, 1.165) is 29.4 Å². The van der Waals surface area contributed by atoms with Crippen molar-refractivity contribution < 1.29 is 119 Å². The molecule has 12 N–H and O–H groups in total. The quantitative estimate of drug-likeness (QED) is 0.0272. The van der Waals surface area contributed by atoms with Gasteiger partial charge in [-0.1, -0.05) is 0 Å². The summed E-state index contributed by atoms with van der Waals surface area (Å²) in [4.78, 5) is 133. The SMILES string of the molecule is O=C(O)CN(CCN(CC(=O)O)CC(=O)O)CC(=O)O.O=C(O)CN(CCN(CC(=O)O)CC(=O)O)CC(=O)O.O=C(O)CN(CCN(CC(=O)O)CC(=O)O)CC(=O)O.[KH]. The maximum absolute atomic E-state index is 10.6. The fourth-order valence-electron chi connectivity index (χ4n) is 4.43. The van der Waals surface area contributed by atoms with Crippen molar-refractivity contribution in [3.05, 3.63) is 0 Å². The molecule has 0 unspecified atom stereocenters. The van der Waals surface area contributed by atoms with Crippen LogP contribution >= 0.6 is 0 Å². The van der Waals surface area contributed by atoms with Crippen LogP contribution in [0.1, 0.15) is 0 Å². The van der Waals surface area contributed by atoms with E-state index < -0.39 is 150 Å². The Hall–Kier alpha value is -4.96. The van der Waals surface area contributed by atoms with E-state index >= 15 is 0 Å². The van der Waals surface area contributed by atoms with Crippen molar-refractivity contribution >= 4 is 123 Å². The number of hydrogen-bond acceptors (Lipinski definition) is 18. The van der Waals surface area contributed by atoms with Crippen LogP contribution < -0.4 is 0 Å². The molecule has 0 aromatic carbocycles. The molecule has 30 nitrogen and oxygen atoms in total. The Labute approximate surface area is 386 Å². The van der Waals surface area contributed by atoms with Gasteiger partial charge in [0.2, 0.25) is 0 Å². The molecule has 0 spiro atoms. The molecule has 0 aromatic heterocycles. The third kappa shape index (κ3) is 46.0. The molecule has 0 heterocycles. The van der Waals surface area contributed by atoms with E-state index in [1.165, 1.54) is 0 Å². The zero-order valence-corrected chi connectivity index (χ0v) is 31.7. The number of hydrogen-bond donors (Lipinski definition) is 12. The average molecular weight is 917 g/mol. The van der Waals surface area contributed by atoms with E-state index in [9.17, 15) is 57.5 Å². The molecule has 0 amide bonds. The number of nitrogens with zero attached hydrogens (tertiary/aromatic N) is 6. The van der Waals surface area contributed by atoms with Crippen molar-refractivity contribution in [2.75, 3.05) is 118 Å². The summed E-state index contributed by atoms with van der Waals surface area (Å²) in [7, 11) is 0. The first-order valence-corrected chi connectivity index (χ1v) is 16.6. The Morgan fingerprint density at radius 3 is 0.311 bits per heavy atom. The van der Waals surface area contributed by atoms with E-state index in [4.69, 9.17) is 61.3 Å². The van der Waals surface area contributed by atoms with E-state index in [1.807, 2.05) is 0 Å². The molecule has 0 atom stereocenters. The number of carboxylic acids is 12. The van der Waals surface area contributed by atoms with Gasteiger partial charge in [-0.15, -0.1) is 0 Å². The van der Waals surface area contributed by atoms with Crippen molar-refractivity contribution in [1.82, 2.24) is 29.4 Å². The standard InChI is InChI=1S/3C10H16N2O8.K.H/c3*13-7(14)3-11(4-8(15)16)1-2-12(5-9(17)18)6-10(19)20;;/h3*1-6H2,(H,13,14)(H,15,16)(H,17,18)(H,19,20);;. The fourth-order valence-corrected chi connectivity index (χ4v) is 4.43. The Morgan fingerprint density at radius 2 is 0.262 bits per heavy atom. The van der Waals surface area contributed by atoms with Gasteiger partial charge in [-0.05, 0) is 0 Å². The second-order valence-electron chi connectivity index (χ2n) is 12.0. The summed E-state index contributed by atoms with van der Waals surface area (Å²) in [5.74, 6) is -14.7. The molecule has 31 heteroatoms. The third-order valence-corrected chi connectivity index (χ3v) is 6.50. The van der Waals surface area contributed by atoms with Gasteiger partial charge in [-0.3, -0.25) is 86.9 Å². The zero-order chi connectivity index (χ0) is 47.1. The van der Waals surface area contributed by atoms with Crippen LogP contribution in [0.5, 0.6) is 0 Å². The number of aliphatic carboxylic acids is 12. The van der Waals surface area contributed by atoms with Crippen LogP contribution in [0, 0.1) is 0 Å². The predicted molar refractivity (Wildman–Crippen MR) is 197 cm³/mol. The van der Waals surface area contributed by atoms with Crippen LogP contribution in [-0.2, 0) is 57.5 Å². The Balaban J connectivity index is -0.000000396. The Morgan fingerprint density at radius 1 is 0.197 bits per heavy atom. The van der Waals surface area contributed by atoms with Crippen LogP contribution in [0.15, 0.2) is 0 Å². The van der Waals surface area contributed by atoms with Gasteiger partial charge in [0.25, 0.3) is 0 Å². The van der Waals surface area contributed by atoms with E-state index in [0.29, 0.717) is 0 Å². The molecule has 0 bridgehead atoms. The first-order chi connectivity index (χ1) is 27.6. The van der Waals surface area contributed by atoms with Gasteiger partial charge in [-0.25, -0.2) is 0 Å². The molecule has 344 valence electrons. The molecule has 0 aromatic rings. The molecule has 0 saturated carbocycles. The second kappa shape index (κ2) is 35.8. The van der Waals surface area contributed by atoms with Crippen LogP contribution in [0.4, 0.5) is 0 Å². The number of carboxylic acid groups (broad SMARTS) is 12. The zero-order valence-electron chi connectivity index (χ0n) is 31.7. The van der Waals surface area contributed by atoms with Crippen LogP contribution in [0.3, 0.4) is 0 Å². The molecule has 0 aliphatic rings. The van der Waals surface area contributed by atoms with Crippen LogP contribution in [-0.4, -0.2) is 331 Å². The van der Waals surface area contributed by atoms with Gasteiger partial charge in [0, 0.05) is 39.3 Å². The van der Waals surface area contributed by atoms with Gasteiger partial charge in [-0.2, -0.15) is 0 Å². The Kier molecular flexibility index (Phi) is 36.7. The molecule has 0 aliphatic carbocycles. The fraction of sp³-hybridized carbons (Fsp3) is 0.600. The third-order valence-electron chi connectivity index (χ3n) is 6.50. The maximum atomic E-state index is 10.6. The van der Waals surface area contributed by atoms with Crippen LogP contribution in [0.25, 0.3) is 0 Å². The summed E-state index contributed by atoms with van der Waals surface area (Å²) in [6.07, 6.45) is 0. The molecule has 0 radical (unpaired) electrons. The summed E-state index contributed by atoms with van der Waals surface area (Å²) in [6.45, 7) is -6.75. The van der Waals surface area contributed by atoms with Gasteiger partial charge < -0.3 is 61.3 Å². The Bertz CT molecular complexity index is 1120. The van der Waals surface area contributed by atoms with Crippen molar-refractivity contribution in [1.29, 1.82) is 0 Å². The minimum absolute atomic E-state index is 0. The summed E-state index contributed by atoms with van der Waals surface area (Å²) in [5.41, 5.74) is 0.